The molecule has 30 heavy (non-hydrogen) atoms. The highest BCUT2D eigenvalue weighted by atomic mass is 16.5. The Morgan fingerprint density at radius 2 is 1.83 bits per heavy atom. The van der Waals surface area contributed by atoms with Gasteiger partial charge in [0.1, 0.15) is 23.4 Å². The number of fused-ring (bicyclic) bond motifs is 3. The molecule has 156 valence electrons. The molecule has 0 saturated heterocycles. The molecule has 1 aromatic heterocycles. The molecule has 0 unspecified atom stereocenters. The van der Waals surface area contributed by atoms with Crippen LogP contribution in [0.2, 0.25) is 0 Å². The number of rotatable bonds is 4. The Hall–Kier alpha value is -3.36. The van der Waals surface area contributed by atoms with Crippen LogP contribution in [0, 0.1) is 0 Å². The molecular formula is C22H21NO7. The van der Waals surface area contributed by atoms with E-state index in [1.807, 2.05) is 0 Å². The minimum absolute atomic E-state index is 0.0224. The molecule has 8 nitrogen and oxygen atoms in total. The van der Waals surface area contributed by atoms with Crippen LogP contribution in [0.1, 0.15) is 11.5 Å². The second-order valence-electron chi connectivity index (χ2n) is 6.86. The first-order valence-electron chi connectivity index (χ1n) is 9.27. The van der Waals surface area contributed by atoms with Crippen LogP contribution in [0.5, 0.6) is 5.75 Å². The van der Waals surface area contributed by atoms with Crippen LogP contribution < -0.4 is 16.1 Å². The molecule has 2 aliphatic rings. The van der Waals surface area contributed by atoms with Gasteiger partial charge in [-0.1, -0.05) is 24.3 Å². The number of benzene rings is 1. The molecule has 0 radical (unpaired) electrons. The topological polar surface area (TPSA) is 110 Å². The van der Waals surface area contributed by atoms with Crippen molar-refractivity contribution in [1.29, 1.82) is 0 Å². The van der Waals surface area contributed by atoms with Gasteiger partial charge < -0.3 is 29.1 Å². The van der Waals surface area contributed by atoms with Gasteiger partial charge >= 0.3 is 11.6 Å². The normalized spacial score (nSPS) is 23.0. The molecule has 3 atom stereocenters. The minimum Gasteiger partial charge on any atom is -0.465 e. The number of para-hydroxylation sites is 1. The second kappa shape index (κ2) is 7.81. The van der Waals surface area contributed by atoms with Gasteiger partial charge in [0, 0.05) is 14.2 Å². The number of carbonyl (C=O) groups excluding carboxylic acids is 1. The molecule has 1 aliphatic carbocycles. The quantitative estimate of drug-likeness (QED) is 0.602. The number of hydrogen-bond acceptors (Lipinski definition) is 8. The first kappa shape index (κ1) is 19.9. The summed E-state index contributed by atoms with van der Waals surface area (Å²) < 4.78 is 27.1. The summed E-state index contributed by atoms with van der Waals surface area (Å²) in [4.78, 5) is 25.6. The largest absolute Gasteiger partial charge is 0.465 e. The molecule has 0 spiro atoms. The van der Waals surface area contributed by atoms with Crippen molar-refractivity contribution in [3.05, 3.63) is 75.5 Å². The number of esters is 1. The standard InChI is InChI=1S/C22H21NO7/c1-26-14-9-8-11(10-15(14)27-2)16-17-19(30-20(23)18(16)21(24)28-3)12-6-4-5-7-13(12)29-22(17)25/h4-10,14-16H,23H2,1-3H3/t14-,15-,16-/m1/s1. The average Bonchev–Trinajstić information content (AvgIpc) is 2.77. The first-order valence-corrected chi connectivity index (χ1v) is 9.27. The summed E-state index contributed by atoms with van der Waals surface area (Å²) in [6.07, 6.45) is 4.63. The maximum absolute atomic E-state index is 13.0. The lowest BCUT2D eigenvalue weighted by Gasteiger charge is -2.31. The van der Waals surface area contributed by atoms with Gasteiger partial charge in [0.2, 0.25) is 5.88 Å². The second-order valence-corrected chi connectivity index (χ2v) is 6.86. The van der Waals surface area contributed by atoms with Crippen molar-refractivity contribution in [3.63, 3.8) is 0 Å². The van der Waals surface area contributed by atoms with Gasteiger partial charge in [-0.2, -0.15) is 0 Å². The van der Waals surface area contributed by atoms with Crippen LogP contribution >= 0.6 is 0 Å². The number of allylic oxidation sites excluding steroid dienone is 2. The molecular weight excluding hydrogens is 390 g/mol. The summed E-state index contributed by atoms with van der Waals surface area (Å²) in [5, 5.41) is 0.572. The van der Waals surface area contributed by atoms with E-state index in [1.165, 1.54) is 7.11 Å². The number of methoxy groups -OCH3 is 3. The van der Waals surface area contributed by atoms with Crippen molar-refractivity contribution < 1.29 is 28.2 Å². The average molecular weight is 411 g/mol. The molecule has 4 rings (SSSR count). The third-order valence-electron chi connectivity index (χ3n) is 5.30. The Kier molecular flexibility index (Phi) is 5.19. The SMILES string of the molecule is COC(=O)C1=C(N)Oc2c(c(=O)oc3ccccc23)[C@H]1C1=C[C@@H](OC)[C@H](OC)C=C1. The predicted octanol–water partition coefficient (Wildman–Crippen LogP) is 2.14. The van der Waals surface area contributed by atoms with Gasteiger partial charge in [0.15, 0.2) is 5.75 Å². The summed E-state index contributed by atoms with van der Waals surface area (Å²) >= 11 is 0. The van der Waals surface area contributed by atoms with Crippen LogP contribution in [0.3, 0.4) is 0 Å². The molecule has 2 heterocycles. The highest BCUT2D eigenvalue weighted by molar-refractivity contribution is 5.94. The summed E-state index contributed by atoms with van der Waals surface area (Å²) in [6, 6.07) is 6.96. The lowest BCUT2D eigenvalue weighted by Crippen LogP contribution is -2.34. The van der Waals surface area contributed by atoms with E-state index in [1.54, 1.807) is 56.7 Å². The van der Waals surface area contributed by atoms with Gasteiger partial charge in [0.25, 0.3) is 0 Å². The summed E-state index contributed by atoms with van der Waals surface area (Å²) in [6.45, 7) is 0. The van der Waals surface area contributed by atoms with E-state index in [4.69, 9.17) is 29.1 Å². The number of carbonyl (C=O) groups is 1. The van der Waals surface area contributed by atoms with Crippen LogP contribution in [0.25, 0.3) is 11.0 Å². The Morgan fingerprint density at radius 3 is 2.53 bits per heavy atom. The van der Waals surface area contributed by atoms with Crippen molar-refractivity contribution in [1.82, 2.24) is 0 Å². The fourth-order valence-electron chi connectivity index (χ4n) is 3.87. The Balaban J connectivity index is 1.99. The van der Waals surface area contributed by atoms with E-state index in [9.17, 15) is 9.59 Å². The third kappa shape index (κ3) is 3.10. The highest BCUT2D eigenvalue weighted by Crippen LogP contribution is 2.45. The zero-order valence-electron chi connectivity index (χ0n) is 16.7. The van der Waals surface area contributed by atoms with Crippen molar-refractivity contribution >= 4 is 16.9 Å². The first-order chi connectivity index (χ1) is 14.5. The fourth-order valence-corrected chi connectivity index (χ4v) is 3.87. The zero-order valence-corrected chi connectivity index (χ0v) is 16.7. The summed E-state index contributed by atoms with van der Waals surface area (Å²) in [7, 11) is 4.36. The maximum Gasteiger partial charge on any atom is 0.344 e. The zero-order chi connectivity index (χ0) is 21.4. The summed E-state index contributed by atoms with van der Waals surface area (Å²) in [5.74, 6) is -1.43. The maximum atomic E-state index is 13.0. The van der Waals surface area contributed by atoms with Crippen molar-refractivity contribution in [2.75, 3.05) is 21.3 Å². The van der Waals surface area contributed by atoms with Crippen LogP contribution in [-0.4, -0.2) is 39.5 Å². The molecule has 0 saturated carbocycles. The van der Waals surface area contributed by atoms with Gasteiger partial charge in [-0.15, -0.1) is 0 Å². The Morgan fingerprint density at radius 1 is 1.10 bits per heavy atom. The van der Waals surface area contributed by atoms with Gasteiger partial charge in [-0.3, -0.25) is 0 Å². The lowest BCUT2D eigenvalue weighted by molar-refractivity contribution is -0.136. The number of ether oxygens (including phenoxy) is 4. The Bertz CT molecular complexity index is 1160. The minimum atomic E-state index is -0.853. The molecule has 1 aliphatic heterocycles. The fraction of sp³-hybridized carbons (Fsp3) is 0.273. The van der Waals surface area contributed by atoms with Gasteiger partial charge in [-0.25, -0.2) is 9.59 Å². The third-order valence-corrected chi connectivity index (χ3v) is 5.30. The number of nitrogens with two attached hydrogens (primary N) is 1. The van der Waals surface area contributed by atoms with Crippen molar-refractivity contribution in [3.8, 4) is 5.75 Å². The van der Waals surface area contributed by atoms with E-state index in [-0.39, 0.29) is 28.9 Å². The monoisotopic (exact) mass is 411 g/mol. The van der Waals surface area contributed by atoms with Crippen molar-refractivity contribution in [2.24, 2.45) is 5.73 Å². The van der Waals surface area contributed by atoms with Gasteiger partial charge in [-0.05, 0) is 23.8 Å². The van der Waals surface area contributed by atoms with Crippen LogP contribution in [-0.2, 0) is 19.0 Å². The lowest BCUT2D eigenvalue weighted by atomic mass is 9.80. The van der Waals surface area contributed by atoms with E-state index in [0.29, 0.717) is 16.5 Å². The van der Waals surface area contributed by atoms with E-state index < -0.39 is 23.6 Å². The molecule has 0 fully saturated rings. The van der Waals surface area contributed by atoms with E-state index in [2.05, 4.69) is 0 Å². The van der Waals surface area contributed by atoms with Crippen molar-refractivity contribution in [2.45, 2.75) is 18.1 Å². The predicted molar refractivity (Wildman–Crippen MR) is 108 cm³/mol. The molecule has 1 aromatic carbocycles. The molecule has 2 aromatic rings. The molecule has 0 amide bonds. The van der Waals surface area contributed by atoms with Gasteiger partial charge in [0.05, 0.1) is 24.0 Å². The van der Waals surface area contributed by atoms with E-state index in [0.717, 1.165) is 0 Å². The van der Waals surface area contributed by atoms with E-state index >= 15 is 0 Å². The van der Waals surface area contributed by atoms with Crippen LogP contribution in [0.15, 0.2) is 68.7 Å². The molecule has 8 heteroatoms. The smallest absolute Gasteiger partial charge is 0.344 e. The molecule has 2 N–H and O–H groups in total. The number of hydrogen-bond donors (Lipinski definition) is 1. The Labute approximate surface area is 172 Å². The van der Waals surface area contributed by atoms with Crippen LogP contribution in [0.4, 0.5) is 0 Å². The summed E-state index contributed by atoms with van der Waals surface area (Å²) in [5.41, 5.74) is 6.69. The molecule has 0 bridgehead atoms. The highest BCUT2D eigenvalue weighted by Gasteiger charge is 2.40.